The van der Waals surface area contributed by atoms with Gasteiger partial charge in [0.15, 0.2) is 0 Å². The predicted octanol–water partition coefficient (Wildman–Crippen LogP) is 4.60. The zero-order valence-corrected chi connectivity index (χ0v) is 14.3. The van der Waals surface area contributed by atoms with Crippen LogP contribution in [0.4, 0.5) is 5.69 Å². The van der Waals surface area contributed by atoms with Crippen LogP contribution in [0.5, 0.6) is 0 Å². The molecule has 1 aromatic carbocycles. The van der Waals surface area contributed by atoms with Gasteiger partial charge in [0.25, 0.3) is 0 Å². The number of anilines is 1. The van der Waals surface area contributed by atoms with Crippen LogP contribution in [0.15, 0.2) is 22.7 Å². The molecule has 2 aliphatic rings. The van der Waals surface area contributed by atoms with Crippen LogP contribution in [0.3, 0.4) is 0 Å². The van der Waals surface area contributed by atoms with Crippen molar-refractivity contribution in [3.05, 3.63) is 27.7 Å². The fraction of sp³-hybridized carbons (Fsp3) is 0.625. The number of piperidine rings is 2. The molecule has 4 heteroatoms. The van der Waals surface area contributed by atoms with Gasteiger partial charge in [-0.2, -0.15) is 0 Å². The van der Waals surface area contributed by atoms with E-state index in [1.807, 2.05) is 6.07 Å². The minimum atomic E-state index is 0.654. The highest BCUT2D eigenvalue weighted by molar-refractivity contribution is 9.10. The molecular formula is C16H22BrClN2. The molecule has 0 amide bonds. The maximum atomic E-state index is 6.21. The Morgan fingerprint density at radius 3 is 2.65 bits per heavy atom. The molecule has 2 aliphatic heterocycles. The first kappa shape index (κ1) is 14.7. The van der Waals surface area contributed by atoms with Crippen LogP contribution < -0.4 is 10.2 Å². The second kappa shape index (κ2) is 6.25. The number of hydrogen-bond donors (Lipinski definition) is 1. The summed E-state index contributed by atoms with van der Waals surface area (Å²) < 4.78 is 1.17. The molecule has 2 nitrogen and oxygen atoms in total. The molecule has 0 saturated carbocycles. The third kappa shape index (κ3) is 2.86. The van der Waals surface area contributed by atoms with E-state index in [-0.39, 0.29) is 0 Å². The Kier molecular flexibility index (Phi) is 4.58. The Balaban J connectivity index is 1.88. The Hall–Kier alpha value is -0.250. The molecule has 2 heterocycles. The molecule has 2 saturated heterocycles. The molecule has 0 aliphatic carbocycles. The smallest absolute Gasteiger partial charge is 0.0530 e. The van der Waals surface area contributed by atoms with E-state index in [0.29, 0.717) is 18.1 Å². The molecule has 2 bridgehead atoms. The second-order valence-corrected chi connectivity index (χ2v) is 7.26. The number of rotatable bonds is 3. The lowest BCUT2D eigenvalue weighted by atomic mass is 9.81. The number of nitrogens with one attached hydrogen (secondary N) is 1. The third-order valence-corrected chi connectivity index (χ3v) is 5.56. The van der Waals surface area contributed by atoms with Crippen molar-refractivity contribution in [3.63, 3.8) is 0 Å². The highest BCUT2D eigenvalue weighted by atomic mass is 79.9. The van der Waals surface area contributed by atoms with E-state index in [1.165, 1.54) is 42.3 Å². The molecular weight excluding hydrogens is 336 g/mol. The summed E-state index contributed by atoms with van der Waals surface area (Å²) in [7, 11) is 0. The van der Waals surface area contributed by atoms with Crippen LogP contribution >= 0.6 is 27.5 Å². The van der Waals surface area contributed by atoms with Gasteiger partial charge in [0.1, 0.15) is 0 Å². The van der Waals surface area contributed by atoms with Crippen molar-refractivity contribution in [1.29, 1.82) is 0 Å². The van der Waals surface area contributed by atoms with Crippen LogP contribution in [0.2, 0.25) is 5.02 Å². The van der Waals surface area contributed by atoms with Crippen LogP contribution in [0.25, 0.3) is 0 Å². The Bertz CT molecular complexity index is 466. The van der Waals surface area contributed by atoms with E-state index < -0.39 is 0 Å². The number of benzene rings is 1. The fourth-order valence-electron chi connectivity index (χ4n) is 3.91. The van der Waals surface area contributed by atoms with Crippen LogP contribution in [0.1, 0.15) is 39.0 Å². The zero-order valence-electron chi connectivity index (χ0n) is 11.9. The normalized spacial score (nSPS) is 29.6. The number of hydrogen-bond acceptors (Lipinski definition) is 2. The van der Waals surface area contributed by atoms with Crippen molar-refractivity contribution in [2.75, 3.05) is 11.4 Å². The first-order chi connectivity index (χ1) is 9.69. The van der Waals surface area contributed by atoms with Crippen molar-refractivity contribution in [2.45, 2.75) is 57.2 Å². The first-order valence-corrected chi connectivity index (χ1v) is 8.83. The Labute approximate surface area is 135 Å². The molecule has 20 heavy (non-hydrogen) atoms. The third-order valence-electron chi connectivity index (χ3n) is 4.65. The molecule has 0 spiro atoms. The maximum Gasteiger partial charge on any atom is 0.0530 e. The van der Waals surface area contributed by atoms with Crippen LogP contribution in [-0.2, 0) is 0 Å². The molecule has 1 aromatic rings. The Morgan fingerprint density at radius 1 is 1.30 bits per heavy atom. The second-order valence-electron chi connectivity index (χ2n) is 5.97. The van der Waals surface area contributed by atoms with Crippen LogP contribution in [0, 0.1) is 0 Å². The van der Waals surface area contributed by atoms with Gasteiger partial charge in [-0.25, -0.2) is 0 Å². The van der Waals surface area contributed by atoms with Gasteiger partial charge in [0.05, 0.1) is 5.69 Å². The van der Waals surface area contributed by atoms with Gasteiger partial charge in [0, 0.05) is 27.6 Å². The Morgan fingerprint density at radius 2 is 2.00 bits per heavy atom. The predicted molar refractivity (Wildman–Crippen MR) is 89.8 cm³/mol. The molecule has 0 aromatic heterocycles. The molecule has 3 rings (SSSR count). The highest BCUT2D eigenvalue weighted by Crippen LogP contribution is 2.41. The average Bonchev–Trinajstić information content (AvgIpc) is 2.41. The van der Waals surface area contributed by atoms with E-state index in [1.54, 1.807) is 0 Å². The average molecular weight is 358 g/mol. The van der Waals surface area contributed by atoms with Crippen molar-refractivity contribution < 1.29 is 0 Å². The van der Waals surface area contributed by atoms with Crippen molar-refractivity contribution >= 4 is 33.2 Å². The molecule has 2 fully saturated rings. The van der Waals surface area contributed by atoms with Crippen LogP contribution in [-0.4, -0.2) is 24.7 Å². The molecule has 2 unspecified atom stereocenters. The maximum absolute atomic E-state index is 6.21. The summed E-state index contributed by atoms with van der Waals surface area (Å²) in [6.45, 7) is 3.28. The van der Waals surface area contributed by atoms with E-state index in [9.17, 15) is 0 Å². The molecule has 0 radical (unpaired) electrons. The van der Waals surface area contributed by atoms with Gasteiger partial charge in [-0.15, -0.1) is 0 Å². The molecule has 110 valence electrons. The standard InChI is InChI=1S/C16H22BrClN2/c1-2-19-12-9-13-4-3-5-14(10-12)20(13)16-8-11(18)6-7-15(16)17/h6-8,12-14,19H,2-5,9-10H2,1H3. The quantitative estimate of drug-likeness (QED) is 0.850. The van der Waals surface area contributed by atoms with Gasteiger partial charge >= 0.3 is 0 Å². The van der Waals surface area contributed by atoms with E-state index in [4.69, 9.17) is 11.6 Å². The summed E-state index contributed by atoms with van der Waals surface area (Å²) >= 11 is 9.92. The summed E-state index contributed by atoms with van der Waals surface area (Å²) in [5.41, 5.74) is 1.28. The van der Waals surface area contributed by atoms with Gasteiger partial charge in [-0.1, -0.05) is 18.5 Å². The van der Waals surface area contributed by atoms with Gasteiger partial charge < -0.3 is 10.2 Å². The lowest BCUT2D eigenvalue weighted by Gasteiger charge is -2.50. The van der Waals surface area contributed by atoms with Crippen molar-refractivity contribution in [3.8, 4) is 0 Å². The topological polar surface area (TPSA) is 15.3 Å². The number of halogens is 2. The van der Waals surface area contributed by atoms with Crippen molar-refractivity contribution in [2.24, 2.45) is 0 Å². The van der Waals surface area contributed by atoms with E-state index >= 15 is 0 Å². The summed E-state index contributed by atoms with van der Waals surface area (Å²) in [6, 6.07) is 8.14. The summed E-state index contributed by atoms with van der Waals surface area (Å²) in [4.78, 5) is 2.63. The zero-order chi connectivity index (χ0) is 14.1. The SMILES string of the molecule is CCNC1CC2CCCC(C1)N2c1cc(Cl)ccc1Br. The molecule has 2 atom stereocenters. The van der Waals surface area contributed by atoms with Gasteiger partial charge in [-0.05, 0) is 72.8 Å². The lowest BCUT2D eigenvalue weighted by Crippen LogP contribution is -2.56. The van der Waals surface area contributed by atoms with Crippen molar-refractivity contribution in [1.82, 2.24) is 5.32 Å². The van der Waals surface area contributed by atoms with Gasteiger partial charge in [-0.3, -0.25) is 0 Å². The monoisotopic (exact) mass is 356 g/mol. The molecule has 1 N–H and O–H groups in total. The lowest BCUT2D eigenvalue weighted by molar-refractivity contribution is 0.247. The summed E-state index contributed by atoms with van der Waals surface area (Å²) in [5, 5.41) is 4.48. The first-order valence-electron chi connectivity index (χ1n) is 7.65. The summed E-state index contributed by atoms with van der Waals surface area (Å²) in [5.74, 6) is 0. The number of fused-ring (bicyclic) bond motifs is 2. The fourth-order valence-corrected chi connectivity index (χ4v) is 4.53. The highest BCUT2D eigenvalue weighted by Gasteiger charge is 2.38. The minimum absolute atomic E-state index is 0.654. The minimum Gasteiger partial charge on any atom is -0.364 e. The summed E-state index contributed by atoms with van der Waals surface area (Å²) in [6.07, 6.45) is 6.48. The largest absolute Gasteiger partial charge is 0.364 e. The van der Waals surface area contributed by atoms with Gasteiger partial charge in [0.2, 0.25) is 0 Å². The number of nitrogens with zero attached hydrogens (tertiary/aromatic N) is 1. The van der Waals surface area contributed by atoms with E-state index in [0.717, 1.165) is 11.6 Å². The van der Waals surface area contributed by atoms with E-state index in [2.05, 4.69) is 45.2 Å².